The first-order valence-corrected chi connectivity index (χ1v) is 20.2. The maximum Gasteiger partial charge on any atom is 0.306 e. The highest BCUT2D eigenvalue weighted by atomic mass is 16.6. The molecule has 47 heavy (non-hydrogen) atoms. The number of carbonyl (C=O) groups excluding carboxylic acids is 3. The summed E-state index contributed by atoms with van der Waals surface area (Å²) in [4.78, 5) is 37.2. The standard InChI is InChI=1S/C41H76O6/c1-4-7-10-13-15-17-18-19-20-21-22-23-24-26-28-31-34-40(43)46-37-38(36-45-39(42)33-30-27-12-9-6-3)47-41(44)35-32-29-25-16-14-11-8-5-2/h20-21,38H,4-19,22-37H2,1-3H3/b21-20-. The van der Waals surface area contributed by atoms with E-state index in [-0.39, 0.29) is 31.1 Å². The van der Waals surface area contributed by atoms with Gasteiger partial charge in [-0.2, -0.15) is 0 Å². The van der Waals surface area contributed by atoms with Crippen LogP contribution in [0.1, 0.15) is 213 Å². The average molecular weight is 665 g/mol. The summed E-state index contributed by atoms with van der Waals surface area (Å²) >= 11 is 0. The first kappa shape index (κ1) is 45.2. The van der Waals surface area contributed by atoms with Crippen LogP contribution < -0.4 is 0 Å². The molecule has 0 saturated carbocycles. The highest BCUT2D eigenvalue weighted by Gasteiger charge is 2.19. The number of esters is 3. The van der Waals surface area contributed by atoms with E-state index in [0.29, 0.717) is 19.3 Å². The normalized spacial score (nSPS) is 12.0. The van der Waals surface area contributed by atoms with Gasteiger partial charge in [0.1, 0.15) is 13.2 Å². The molecule has 0 aromatic rings. The lowest BCUT2D eigenvalue weighted by Gasteiger charge is -2.18. The highest BCUT2D eigenvalue weighted by Crippen LogP contribution is 2.13. The molecule has 0 aliphatic heterocycles. The van der Waals surface area contributed by atoms with Gasteiger partial charge in [0.15, 0.2) is 6.10 Å². The summed E-state index contributed by atoms with van der Waals surface area (Å²) in [6.07, 6.45) is 36.6. The molecule has 0 N–H and O–H groups in total. The van der Waals surface area contributed by atoms with Crippen molar-refractivity contribution in [2.75, 3.05) is 13.2 Å². The number of rotatable bonds is 36. The van der Waals surface area contributed by atoms with Crippen LogP contribution in [-0.2, 0) is 28.6 Å². The lowest BCUT2D eigenvalue weighted by Crippen LogP contribution is -2.30. The summed E-state index contributed by atoms with van der Waals surface area (Å²) in [6, 6.07) is 0. The lowest BCUT2D eigenvalue weighted by molar-refractivity contribution is -0.167. The summed E-state index contributed by atoms with van der Waals surface area (Å²) in [5, 5.41) is 0. The fourth-order valence-electron chi connectivity index (χ4n) is 5.67. The van der Waals surface area contributed by atoms with Gasteiger partial charge in [-0.05, 0) is 44.9 Å². The van der Waals surface area contributed by atoms with Crippen LogP contribution in [0.25, 0.3) is 0 Å². The number of hydrogen-bond donors (Lipinski definition) is 0. The molecule has 0 aliphatic rings. The van der Waals surface area contributed by atoms with Gasteiger partial charge in [-0.3, -0.25) is 14.4 Å². The van der Waals surface area contributed by atoms with Crippen molar-refractivity contribution >= 4 is 17.9 Å². The molecule has 0 radical (unpaired) electrons. The Balaban J connectivity index is 4.19. The molecule has 276 valence electrons. The zero-order valence-electron chi connectivity index (χ0n) is 31.3. The Hall–Kier alpha value is -1.85. The van der Waals surface area contributed by atoms with Gasteiger partial charge in [-0.15, -0.1) is 0 Å². The van der Waals surface area contributed by atoms with Crippen molar-refractivity contribution in [1.29, 1.82) is 0 Å². The highest BCUT2D eigenvalue weighted by molar-refractivity contribution is 5.71. The van der Waals surface area contributed by atoms with Gasteiger partial charge in [0.2, 0.25) is 0 Å². The molecule has 0 bridgehead atoms. The molecule has 0 heterocycles. The van der Waals surface area contributed by atoms with E-state index in [9.17, 15) is 14.4 Å². The fourth-order valence-corrected chi connectivity index (χ4v) is 5.67. The van der Waals surface area contributed by atoms with E-state index in [4.69, 9.17) is 14.2 Å². The first-order valence-electron chi connectivity index (χ1n) is 20.2. The molecule has 0 rings (SSSR count). The molecule has 1 atom stereocenters. The van der Waals surface area contributed by atoms with Crippen LogP contribution in [0.2, 0.25) is 0 Å². The molecule has 6 heteroatoms. The van der Waals surface area contributed by atoms with Crippen molar-refractivity contribution in [2.24, 2.45) is 0 Å². The zero-order valence-corrected chi connectivity index (χ0v) is 31.3. The Labute approximate surface area is 290 Å². The van der Waals surface area contributed by atoms with Crippen LogP contribution >= 0.6 is 0 Å². The quantitative estimate of drug-likeness (QED) is 0.0287. The Morgan fingerprint density at radius 3 is 1.06 bits per heavy atom. The fraction of sp³-hybridized carbons (Fsp3) is 0.878. The second-order valence-corrected chi connectivity index (χ2v) is 13.6. The predicted molar refractivity (Wildman–Crippen MR) is 196 cm³/mol. The minimum absolute atomic E-state index is 0.0717. The van der Waals surface area contributed by atoms with E-state index in [2.05, 4.69) is 32.9 Å². The average Bonchev–Trinajstić information content (AvgIpc) is 3.06. The van der Waals surface area contributed by atoms with Gasteiger partial charge >= 0.3 is 17.9 Å². The molecule has 0 spiro atoms. The van der Waals surface area contributed by atoms with Crippen LogP contribution in [0.15, 0.2) is 12.2 Å². The van der Waals surface area contributed by atoms with Gasteiger partial charge < -0.3 is 14.2 Å². The summed E-state index contributed by atoms with van der Waals surface area (Å²) in [5.74, 6) is -0.898. The van der Waals surface area contributed by atoms with Gasteiger partial charge in [-0.25, -0.2) is 0 Å². The van der Waals surface area contributed by atoms with Crippen molar-refractivity contribution in [2.45, 2.75) is 219 Å². The van der Waals surface area contributed by atoms with E-state index >= 15 is 0 Å². The molecule has 0 fully saturated rings. The molecule has 0 saturated heterocycles. The largest absolute Gasteiger partial charge is 0.462 e. The third-order valence-corrected chi connectivity index (χ3v) is 8.77. The summed E-state index contributed by atoms with van der Waals surface area (Å²) in [5.41, 5.74) is 0. The Morgan fingerprint density at radius 1 is 0.404 bits per heavy atom. The minimum Gasteiger partial charge on any atom is -0.462 e. The van der Waals surface area contributed by atoms with E-state index in [1.54, 1.807) is 0 Å². The van der Waals surface area contributed by atoms with Crippen molar-refractivity contribution in [3.63, 3.8) is 0 Å². The summed E-state index contributed by atoms with van der Waals surface area (Å²) in [6.45, 7) is 6.50. The summed E-state index contributed by atoms with van der Waals surface area (Å²) in [7, 11) is 0. The Morgan fingerprint density at radius 2 is 0.702 bits per heavy atom. The third-order valence-electron chi connectivity index (χ3n) is 8.77. The van der Waals surface area contributed by atoms with Crippen molar-refractivity contribution in [1.82, 2.24) is 0 Å². The molecular weight excluding hydrogens is 588 g/mol. The second kappa shape index (κ2) is 37.0. The SMILES string of the molecule is CCCCCCCCC/C=C\CCCCCCCC(=O)OCC(COC(=O)CCCCCCC)OC(=O)CCCCCCCCCC. The number of hydrogen-bond acceptors (Lipinski definition) is 6. The number of ether oxygens (including phenoxy) is 3. The summed E-state index contributed by atoms with van der Waals surface area (Å²) < 4.78 is 16.5. The van der Waals surface area contributed by atoms with Gasteiger partial charge in [0, 0.05) is 19.3 Å². The molecular formula is C41H76O6. The van der Waals surface area contributed by atoms with Crippen molar-refractivity contribution in [3.8, 4) is 0 Å². The second-order valence-electron chi connectivity index (χ2n) is 13.6. The van der Waals surface area contributed by atoms with E-state index in [0.717, 1.165) is 70.6 Å². The van der Waals surface area contributed by atoms with Crippen LogP contribution in [0.5, 0.6) is 0 Å². The Kier molecular flexibility index (Phi) is 35.5. The molecule has 1 unspecified atom stereocenters. The third kappa shape index (κ3) is 35.3. The number of carbonyl (C=O) groups is 3. The molecule has 0 amide bonds. The topological polar surface area (TPSA) is 78.9 Å². The van der Waals surface area contributed by atoms with Crippen molar-refractivity contribution < 1.29 is 28.6 Å². The number of allylic oxidation sites excluding steroid dienone is 2. The van der Waals surface area contributed by atoms with E-state index in [1.165, 1.54) is 103 Å². The van der Waals surface area contributed by atoms with Crippen molar-refractivity contribution in [3.05, 3.63) is 12.2 Å². The molecule has 6 nitrogen and oxygen atoms in total. The number of unbranched alkanes of at least 4 members (excludes halogenated alkanes) is 23. The smallest absolute Gasteiger partial charge is 0.306 e. The monoisotopic (exact) mass is 665 g/mol. The van der Waals surface area contributed by atoms with Gasteiger partial charge in [0.25, 0.3) is 0 Å². The van der Waals surface area contributed by atoms with Crippen LogP contribution in [0, 0.1) is 0 Å². The minimum atomic E-state index is -0.761. The molecule has 0 aliphatic carbocycles. The van der Waals surface area contributed by atoms with Crippen LogP contribution in [-0.4, -0.2) is 37.2 Å². The predicted octanol–water partition coefficient (Wildman–Crippen LogP) is 12.3. The van der Waals surface area contributed by atoms with Crippen LogP contribution in [0.4, 0.5) is 0 Å². The van der Waals surface area contributed by atoms with Gasteiger partial charge in [-0.1, -0.05) is 161 Å². The maximum atomic E-state index is 12.5. The molecule has 0 aromatic carbocycles. The molecule has 0 aromatic heterocycles. The van der Waals surface area contributed by atoms with Gasteiger partial charge in [0.05, 0.1) is 0 Å². The lowest BCUT2D eigenvalue weighted by atomic mass is 10.1. The maximum absolute atomic E-state index is 12.5. The van der Waals surface area contributed by atoms with E-state index < -0.39 is 6.10 Å². The zero-order chi connectivity index (χ0) is 34.5. The van der Waals surface area contributed by atoms with E-state index in [1.807, 2.05) is 0 Å². The van der Waals surface area contributed by atoms with Crippen LogP contribution in [0.3, 0.4) is 0 Å². The Bertz CT molecular complexity index is 733. The first-order chi connectivity index (χ1) is 23.0.